The summed E-state index contributed by atoms with van der Waals surface area (Å²) in [5.74, 6) is -0.380. The zero-order chi connectivity index (χ0) is 21.7. The number of halogens is 2. The summed E-state index contributed by atoms with van der Waals surface area (Å²) in [5, 5.41) is 3.61. The van der Waals surface area contributed by atoms with Gasteiger partial charge in [-0.1, -0.05) is 47.5 Å². The first-order valence-electron chi connectivity index (χ1n) is 8.87. The number of sulfonamides is 1. The third kappa shape index (κ3) is 5.63. The molecular formula is C22H18Cl2N2O3S. The van der Waals surface area contributed by atoms with Gasteiger partial charge in [0.15, 0.2) is 0 Å². The number of carbonyl (C=O) groups is 1. The maximum absolute atomic E-state index is 12.6. The molecule has 3 aromatic carbocycles. The van der Waals surface area contributed by atoms with Gasteiger partial charge in [-0.2, -0.15) is 0 Å². The van der Waals surface area contributed by atoms with Crippen molar-refractivity contribution in [1.29, 1.82) is 0 Å². The number of hydrogen-bond acceptors (Lipinski definition) is 3. The van der Waals surface area contributed by atoms with Gasteiger partial charge in [-0.15, -0.1) is 0 Å². The highest BCUT2D eigenvalue weighted by molar-refractivity contribution is 7.92. The largest absolute Gasteiger partial charge is 0.323 e. The first-order valence-corrected chi connectivity index (χ1v) is 11.1. The van der Waals surface area contributed by atoms with Crippen LogP contribution in [-0.4, -0.2) is 14.3 Å². The van der Waals surface area contributed by atoms with Gasteiger partial charge >= 0.3 is 0 Å². The molecule has 0 heterocycles. The molecule has 0 spiro atoms. The zero-order valence-electron chi connectivity index (χ0n) is 15.9. The fraction of sp³-hybridized carbons (Fsp3) is 0.0455. The van der Waals surface area contributed by atoms with Crippen LogP contribution in [0.1, 0.15) is 11.1 Å². The monoisotopic (exact) mass is 460 g/mol. The number of rotatable bonds is 6. The lowest BCUT2D eigenvalue weighted by Gasteiger charge is -2.11. The highest BCUT2D eigenvalue weighted by Crippen LogP contribution is 2.23. The predicted molar refractivity (Wildman–Crippen MR) is 123 cm³/mol. The third-order valence-corrected chi connectivity index (χ3v) is 6.14. The second-order valence-corrected chi connectivity index (χ2v) is 8.96. The van der Waals surface area contributed by atoms with E-state index in [1.54, 1.807) is 36.4 Å². The van der Waals surface area contributed by atoms with Crippen LogP contribution in [0.5, 0.6) is 0 Å². The summed E-state index contributed by atoms with van der Waals surface area (Å²) in [6.07, 6.45) is 2.90. The fourth-order valence-corrected chi connectivity index (χ4v) is 4.20. The lowest BCUT2D eigenvalue weighted by Crippen LogP contribution is -2.14. The summed E-state index contributed by atoms with van der Waals surface area (Å²) in [5.41, 5.74) is 2.44. The average molecular weight is 461 g/mol. The van der Waals surface area contributed by atoms with Crippen LogP contribution in [-0.2, 0) is 14.8 Å². The molecule has 0 saturated heterocycles. The normalized spacial score (nSPS) is 11.4. The van der Waals surface area contributed by atoms with Crippen molar-refractivity contribution < 1.29 is 13.2 Å². The van der Waals surface area contributed by atoms with Gasteiger partial charge in [-0.25, -0.2) is 8.42 Å². The van der Waals surface area contributed by atoms with Crippen LogP contribution >= 0.6 is 23.2 Å². The van der Waals surface area contributed by atoms with Crippen LogP contribution in [0.2, 0.25) is 10.0 Å². The second-order valence-electron chi connectivity index (χ2n) is 6.43. The lowest BCUT2D eigenvalue weighted by molar-refractivity contribution is -0.111. The van der Waals surface area contributed by atoms with Crippen molar-refractivity contribution >= 4 is 56.6 Å². The Balaban J connectivity index is 1.67. The summed E-state index contributed by atoms with van der Waals surface area (Å²) in [7, 11) is -3.74. The smallest absolute Gasteiger partial charge is 0.261 e. The molecule has 2 N–H and O–H groups in total. The maximum Gasteiger partial charge on any atom is 0.261 e. The number of carbonyl (C=O) groups excluding carboxylic acids is 1. The molecule has 0 unspecified atom stereocenters. The summed E-state index contributed by atoms with van der Waals surface area (Å²) < 4.78 is 27.7. The summed E-state index contributed by atoms with van der Waals surface area (Å²) in [6, 6.07) is 18.0. The number of para-hydroxylation sites is 1. The van der Waals surface area contributed by atoms with E-state index in [0.717, 1.165) is 5.56 Å². The van der Waals surface area contributed by atoms with E-state index in [1.807, 2.05) is 19.1 Å². The molecular weight excluding hydrogens is 443 g/mol. The minimum atomic E-state index is -3.74. The molecule has 3 aromatic rings. The van der Waals surface area contributed by atoms with E-state index in [2.05, 4.69) is 10.0 Å². The van der Waals surface area contributed by atoms with Gasteiger partial charge in [-0.3, -0.25) is 9.52 Å². The van der Waals surface area contributed by atoms with Crippen molar-refractivity contribution in [3.8, 4) is 0 Å². The van der Waals surface area contributed by atoms with Crippen LogP contribution in [0.3, 0.4) is 0 Å². The summed E-state index contributed by atoms with van der Waals surface area (Å²) in [6.45, 7) is 1.82. The molecule has 0 aliphatic rings. The van der Waals surface area contributed by atoms with Crippen LogP contribution in [0.15, 0.2) is 77.7 Å². The molecule has 0 saturated carbocycles. The maximum atomic E-state index is 12.6. The summed E-state index contributed by atoms with van der Waals surface area (Å²) >= 11 is 11.9. The Hall–Kier alpha value is -2.80. The highest BCUT2D eigenvalue weighted by Gasteiger charge is 2.15. The van der Waals surface area contributed by atoms with E-state index in [9.17, 15) is 13.2 Å². The number of aryl methyl sites for hydroxylation is 1. The quantitative estimate of drug-likeness (QED) is 0.459. The average Bonchev–Trinajstić information content (AvgIpc) is 2.69. The van der Waals surface area contributed by atoms with Gasteiger partial charge in [0.1, 0.15) is 0 Å². The van der Waals surface area contributed by atoms with Crippen molar-refractivity contribution in [1.82, 2.24) is 0 Å². The Bertz CT molecular complexity index is 1210. The first-order chi connectivity index (χ1) is 14.2. The molecule has 8 heteroatoms. The molecule has 0 aromatic heterocycles. The molecule has 5 nitrogen and oxygen atoms in total. The second kappa shape index (κ2) is 9.34. The van der Waals surface area contributed by atoms with Gasteiger partial charge in [0.05, 0.1) is 10.6 Å². The number of hydrogen-bond donors (Lipinski definition) is 2. The van der Waals surface area contributed by atoms with Crippen molar-refractivity contribution in [3.05, 3.63) is 94.0 Å². The molecule has 0 atom stereocenters. The Morgan fingerprint density at radius 2 is 1.67 bits per heavy atom. The molecule has 0 aliphatic heterocycles. The third-order valence-electron chi connectivity index (χ3n) is 4.20. The SMILES string of the molecule is Cc1ccccc1NS(=O)(=O)c1ccc(NC(=O)/C=C/c2ccc(Cl)cc2Cl)cc1. The number of amides is 1. The van der Waals surface area contributed by atoms with Crippen molar-refractivity contribution in [3.63, 3.8) is 0 Å². The van der Waals surface area contributed by atoms with Crippen molar-refractivity contribution in [2.45, 2.75) is 11.8 Å². The molecule has 30 heavy (non-hydrogen) atoms. The standard InChI is InChI=1S/C22H18Cl2N2O3S/c1-15-4-2-3-5-21(15)26-30(28,29)19-11-9-18(10-12-19)25-22(27)13-7-16-6-8-17(23)14-20(16)24/h2-14,26H,1H3,(H,25,27)/b13-7+. The molecule has 0 radical (unpaired) electrons. The Labute approximate surface area is 185 Å². The first kappa shape index (κ1) is 21.9. The van der Waals surface area contributed by atoms with Crippen molar-refractivity contribution in [2.24, 2.45) is 0 Å². The van der Waals surface area contributed by atoms with E-state index >= 15 is 0 Å². The van der Waals surface area contributed by atoms with E-state index in [0.29, 0.717) is 27.0 Å². The lowest BCUT2D eigenvalue weighted by atomic mass is 10.2. The number of benzene rings is 3. The fourth-order valence-electron chi connectivity index (χ4n) is 2.59. The molecule has 0 aliphatic carbocycles. The topological polar surface area (TPSA) is 75.3 Å². The molecule has 1 amide bonds. The van der Waals surface area contributed by atoms with Gasteiger partial charge in [0.25, 0.3) is 10.0 Å². The Morgan fingerprint density at radius 1 is 0.967 bits per heavy atom. The van der Waals surface area contributed by atoms with Crippen LogP contribution in [0.25, 0.3) is 6.08 Å². The molecule has 3 rings (SSSR count). The zero-order valence-corrected chi connectivity index (χ0v) is 18.2. The van der Waals surface area contributed by atoms with Gasteiger partial charge < -0.3 is 5.32 Å². The van der Waals surface area contributed by atoms with E-state index in [4.69, 9.17) is 23.2 Å². The predicted octanol–water partition coefficient (Wildman–Crippen LogP) is 5.75. The van der Waals surface area contributed by atoms with Crippen LogP contribution in [0.4, 0.5) is 11.4 Å². The minimum Gasteiger partial charge on any atom is -0.323 e. The summed E-state index contributed by atoms with van der Waals surface area (Å²) in [4.78, 5) is 12.2. The Kier molecular flexibility index (Phi) is 6.82. The van der Waals surface area contributed by atoms with Crippen LogP contribution in [0, 0.1) is 6.92 Å². The number of anilines is 2. The van der Waals surface area contributed by atoms with Gasteiger partial charge in [0.2, 0.25) is 5.91 Å². The van der Waals surface area contributed by atoms with E-state index in [1.165, 1.54) is 30.3 Å². The molecule has 0 bridgehead atoms. The number of nitrogens with one attached hydrogen (secondary N) is 2. The highest BCUT2D eigenvalue weighted by atomic mass is 35.5. The van der Waals surface area contributed by atoms with E-state index in [-0.39, 0.29) is 10.8 Å². The van der Waals surface area contributed by atoms with Crippen LogP contribution < -0.4 is 10.0 Å². The molecule has 154 valence electrons. The molecule has 0 fully saturated rings. The van der Waals surface area contributed by atoms with E-state index < -0.39 is 10.0 Å². The Morgan fingerprint density at radius 3 is 2.33 bits per heavy atom. The van der Waals surface area contributed by atoms with Crippen molar-refractivity contribution in [2.75, 3.05) is 10.0 Å². The van der Waals surface area contributed by atoms with Gasteiger partial charge in [0, 0.05) is 21.8 Å². The minimum absolute atomic E-state index is 0.0900. The van der Waals surface area contributed by atoms with Gasteiger partial charge in [-0.05, 0) is 66.6 Å².